The van der Waals surface area contributed by atoms with Gasteiger partial charge in [0.2, 0.25) is 5.91 Å². The second-order valence-corrected chi connectivity index (χ2v) is 6.25. The second kappa shape index (κ2) is 6.92. The van der Waals surface area contributed by atoms with Gasteiger partial charge in [-0.05, 0) is 23.8 Å². The zero-order valence-corrected chi connectivity index (χ0v) is 14.1. The van der Waals surface area contributed by atoms with Crippen molar-refractivity contribution in [3.05, 3.63) is 72.1 Å². The molecular weight excluding hydrogens is 328 g/mol. The van der Waals surface area contributed by atoms with Crippen LogP contribution in [0, 0.1) is 0 Å². The lowest BCUT2D eigenvalue weighted by atomic mass is 10.0. The number of nitrogens with one attached hydrogen (secondary N) is 1. The summed E-state index contributed by atoms with van der Waals surface area (Å²) in [6.07, 6.45) is 3.71. The van der Waals surface area contributed by atoms with Crippen LogP contribution in [0.5, 0.6) is 0 Å². The molecule has 2 heterocycles. The van der Waals surface area contributed by atoms with E-state index < -0.39 is 6.04 Å². The smallest absolute Gasteiger partial charge is 0.254 e. The molecule has 1 atom stereocenters. The van der Waals surface area contributed by atoms with Gasteiger partial charge in [-0.25, -0.2) is 0 Å². The number of hydrogen-bond acceptors (Lipinski definition) is 4. The molecule has 0 radical (unpaired) electrons. The summed E-state index contributed by atoms with van der Waals surface area (Å²) in [6.45, 7) is 0.948. The third kappa shape index (κ3) is 3.13. The Morgan fingerprint density at radius 2 is 1.85 bits per heavy atom. The van der Waals surface area contributed by atoms with Crippen molar-refractivity contribution < 1.29 is 9.59 Å². The van der Waals surface area contributed by atoms with Crippen LogP contribution in [0.15, 0.2) is 60.9 Å². The third-order valence-corrected chi connectivity index (χ3v) is 4.58. The van der Waals surface area contributed by atoms with Gasteiger partial charge in [0.15, 0.2) is 0 Å². The standard InChI is InChI=1S/C20H18N4O2/c25-19-18(12-14-4-2-1-3-5-14)24(11-10-23-19)20(26)15-6-7-16-17(13-15)22-9-8-21-16/h1-9,13,18H,10-12H2,(H,23,25). The number of carbonyl (C=O) groups is 2. The second-order valence-electron chi connectivity index (χ2n) is 6.25. The molecule has 1 saturated heterocycles. The molecule has 0 aliphatic carbocycles. The van der Waals surface area contributed by atoms with Crippen LogP contribution < -0.4 is 5.32 Å². The molecule has 3 aromatic rings. The highest BCUT2D eigenvalue weighted by atomic mass is 16.2. The number of hydrogen-bond donors (Lipinski definition) is 1. The Hall–Kier alpha value is -3.28. The van der Waals surface area contributed by atoms with Gasteiger partial charge in [0, 0.05) is 37.5 Å². The highest BCUT2D eigenvalue weighted by Gasteiger charge is 2.33. The molecule has 26 heavy (non-hydrogen) atoms. The van der Waals surface area contributed by atoms with Gasteiger partial charge in [-0.2, -0.15) is 0 Å². The largest absolute Gasteiger partial charge is 0.353 e. The number of aromatic nitrogens is 2. The Balaban J connectivity index is 1.63. The topological polar surface area (TPSA) is 75.2 Å². The Kier molecular flexibility index (Phi) is 4.31. The van der Waals surface area contributed by atoms with Gasteiger partial charge < -0.3 is 10.2 Å². The van der Waals surface area contributed by atoms with E-state index >= 15 is 0 Å². The molecular formula is C20H18N4O2. The maximum atomic E-state index is 13.1. The molecule has 1 unspecified atom stereocenters. The molecule has 130 valence electrons. The molecule has 2 amide bonds. The lowest BCUT2D eigenvalue weighted by Crippen LogP contribution is -2.58. The van der Waals surface area contributed by atoms with Gasteiger partial charge in [-0.15, -0.1) is 0 Å². The maximum Gasteiger partial charge on any atom is 0.254 e. The lowest BCUT2D eigenvalue weighted by molar-refractivity contribution is -0.127. The SMILES string of the molecule is O=C1NCCN(C(=O)c2ccc3nccnc3c2)C1Cc1ccccc1. The number of carbonyl (C=O) groups excluding carboxylic acids is 2. The molecule has 1 fully saturated rings. The molecule has 1 aliphatic rings. The van der Waals surface area contributed by atoms with Gasteiger partial charge in [0.25, 0.3) is 5.91 Å². The van der Waals surface area contributed by atoms with Gasteiger partial charge in [0.05, 0.1) is 11.0 Å². The number of benzene rings is 2. The van der Waals surface area contributed by atoms with E-state index in [9.17, 15) is 9.59 Å². The van der Waals surface area contributed by atoms with E-state index in [1.54, 1.807) is 35.5 Å². The fourth-order valence-electron chi connectivity index (χ4n) is 3.26. The Morgan fingerprint density at radius 3 is 2.65 bits per heavy atom. The Morgan fingerprint density at radius 1 is 1.08 bits per heavy atom. The van der Waals surface area contributed by atoms with Crippen LogP contribution in [0.1, 0.15) is 15.9 Å². The zero-order valence-electron chi connectivity index (χ0n) is 14.1. The highest BCUT2D eigenvalue weighted by Crippen LogP contribution is 2.18. The third-order valence-electron chi connectivity index (χ3n) is 4.58. The van der Waals surface area contributed by atoms with Crippen LogP contribution in [0.3, 0.4) is 0 Å². The van der Waals surface area contributed by atoms with Crippen LogP contribution in [0.2, 0.25) is 0 Å². The molecule has 0 saturated carbocycles. The van der Waals surface area contributed by atoms with Gasteiger partial charge >= 0.3 is 0 Å². The number of rotatable bonds is 3. The summed E-state index contributed by atoms with van der Waals surface area (Å²) in [4.78, 5) is 35.7. The van der Waals surface area contributed by atoms with E-state index in [0.717, 1.165) is 11.1 Å². The molecule has 1 aliphatic heterocycles. The van der Waals surface area contributed by atoms with E-state index in [-0.39, 0.29) is 11.8 Å². The fourth-order valence-corrected chi connectivity index (χ4v) is 3.26. The molecule has 4 rings (SSSR count). The molecule has 1 aromatic heterocycles. The Bertz CT molecular complexity index is 958. The molecule has 0 bridgehead atoms. The van der Waals surface area contributed by atoms with Crippen molar-refractivity contribution in [2.24, 2.45) is 0 Å². The van der Waals surface area contributed by atoms with Gasteiger partial charge in [0.1, 0.15) is 6.04 Å². The van der Waals surface area contributed by atoms with Crippen LogP contribution >= 0.6 is 0 Å². The number of fused-ring (bicyclic) bond motifs is 1. The van der Waals surface area contributed by atoms with Crippen molar-refractivity contribution in [2.45, 2.75) is 12.5 Å². The van der Waals surface area contributed by atoms with Gasteiger partial charge in [-0.3, -0.25) is 19.6 Å². The highest BCUT2D eigenvalue weighted by molar-refractivity contribution is 6.00. The molecule has 0 spiro atoms. The van der Waals surface area contributed by atoms with Crippen LogP contribution in [0.4, 0.5) is 0 Å². The first-order chi connectivity index (χ1) is 12.7. The quantitative estimate of drug-likeness (QED) is 0.785. The van der Waals surface area contributed by atoms with E-state index in [4.69, 9.17) is 0 Å². The van der Waals surface area contributed by atoms with Crippen LogP contribution in [0.25, 0.3) is 11.0 Å². The van der Waals surface area contributed by atoms with E-state index in [1.807, 2.05) is 30.3 Å². The summed E-state index contributed by atoms with van der Waals surface area (Å²) in [5, 5.41) is 2.86. The first kappa shape index (κ1) is 16.2. The Labute approximate surface area is 150 Å². The minimum atomic E-state index is -0.517. The summed E-state index contributed by atoms with van der Waals surface area (Å²) < 4.78 is 0. The average molecular weight is 346 g/mol. The predicted molar refractivity (Wildman–Crippen MR) is 97.5 cm³/mol. The summed E-state index contributed by atoms with van der Waals surface area (Å²) in [5.41, 5.74) is 2.95. The zero-order chi connectivity index (χ0) is 17.9. The molecule has 1 N–H and O–H groups in total. The molecule has 2 aromatic carbocycles. The summed E-state index contributed by atoms with van der Waals surface area (Å²) in [7, 11) is 0. The van der Waals surface area contributed by atoms with Crippen molar-refractivity contribution in [1.29, 1.82) is 0 Å². The molecule has 6 nitrogen and oxygen atoms in total. The van der Waals surface area contributed by atoms with Crippen molar-refractivity contribution in [1.82, 2.24) is 20.2 Å². The van der Waals surface area contributed by atoms with Crippen LogP contribution in [-0.4, -0.2) is 45.8 Å². The first-order valence-electron chi connectivity index (χ1n) is 8.56. The van der Waals surface area contributed by atoms with Crippen molar-refractivity contribution in [2.75, 3.05) is 13.1 Å². The van der Waals surface area contributed by atoms with Crippen LogP contribution in [-0.2, 0) is 11.2 Å². The van der Waals surface area contributed by atoms with E-state index in [1.165, 1.54) is 0 Å². The number of amides is 2. The summed E-state index contributed by atoms with van der Waals surface area (Å²) in [5.74, 6) is -0.276. The van der Waals surface area contributed by atoms with Gasteiger partial charge in [-0.1, -0.05) is 30.3 Å². The lowest BCUT2D eigenvalue weighted by Gasteiger charge is -2.35. The maximum absolute atomic E-state index is 13.1. The molecule has 6 heteroatoms. The minimum absolute atomic E-state index is 0.117. The van der Waals surface area contributed by atoms with Crippen molar-refractivity contribution in [3.8, 4) is 0 Å². The van der Waals surface area contributed by atoms with Crippen molar-refractivity contribution >= 4 is 22.8 Å². The fraction of sp³-hybridized carbons (Fsp3) is 0.200. The summed E-state index contributed by atoms with van der Waals surface area (Å²) in [6, 6.07) is 14.5. The van der Waals surface area contributed by atoms with E-state index in [2.05, 4.69) is 15.3 Å². The van der Waals surface area contributed by atoms with Crippen molar-refractivity contribution in [3.63, 3.8) is 0 Å². The normalized spacial score (nSPS) is 17.2. The summed E-state index contributed by atoms with van der Waals surface area (Å²) >= 11 is 0. The number of piperazine rings is 1. The monoisotopic (exact) mass is 346 g/mol. The minimum Gasteiger partial charge on any atom is -0.353 e. The first-order valence-corrected chi connectivity index (χ1v) is 8.56. The predicted octanol–water partition coefficient (Wildman–Crippen LogP) is 1.81. The number of nitrogens with zero attached hydrogens (tertiary/aromatic N) is 3. The van der Waals surface area contributed by atoms with E-state index in [0.29, 0.717) is 30.6 Å². The average Bonchev–Trinajstić information content (AvgIpc) is 2.69.